The SMILES string of the molecule is Cc1nc(COc2ccc(CNC3CC3)cc2Br)cs1. The Bertz CT molecular complexity index is 595. The summed E-state index contributed by atoms with van der Waals surface area (Å²) in [5.74, 6) is 0.867. The molecule has 1 fully saturated rings. The summed E-state index contributed by atoms with van der Waals surface area (Å²) in [6.45, 7) is 3.45. The third-order valence-corrected chi connectivity index (χ3v) is 4.65. The van der Waals surface area contributed by atoms with E-state index in [1.807, 2.05) is 18.4 Å². The molecule has 106 valence electrons. The highest BCUT2D eigenvalue weighted by Gasteiger charge is 2.20. The molecule has 5 heteroatoms. The van der Waals surface area contributed by atoms with Gasteiger partial charge in [-0.05, 0) is 53.4 Å². The summed E-state index contributed by atoms with van der Waals surface area (Å²) < 4.78 is 6.81. The Morgan fingerprint density at radius 3 is 2.95 bits per heavy atom. The van der Waals surface area contributed by atoms with Crippen LogP contribution in [0.1, 0.15) is 29.1 Å². The maximum Gasteiger partial charge on any atom is 0.134 e. The molecular formula is C15H17BrN2OS. The number of hydrogen-bond donors (Lipinski definition) is 1. The highest BCUT2D eigenvalue weighted by molar-refractivity contribution is 9.10. The zero-order valence-corrected chi connectivity index (χ0v) is 13.8. The molecule has 0 amide bonds. The van der Waals surface area contributed by atoms with Gasteiger partial charge >= 0.3 is 0 Å². The van der Waals surface area contributed by atoms with Gasteiger partial charge in [-0.3, -0.25) is 0 Å². The number of thiazole rings is 1. The monoisotopic (exact) mass is 352 g/mol. The maximum atomic E-state index is 5.81. The number of rotatable bonds is 6. The number of hydrogen-bond acceptors (Lipinski definition) is 4. The van der Waals surface area contributed by atoms with Crippen molar-refractivity contribution in [3.63, 3.8) is 0 Å². The normalized spacial score (nSPS) is 14.5. The second kappa shape index (κ2) is 6.24. The third kappa shape index (κ3) is 3.81. The van der Waals surface area contributed by atoms with Gasteiger partial charge in [-0.2, -0.15) is 0 Å². The van der Waals surface area contributed by atoms with Crippen LogP contribution in [-0.4, -0.2) is 11.0 Å². The molecule has 3 rings (SSSR count). The fourth-order valence-corrected chi connectivity index (χ4v) is 3.09. The summed E-state index contributed by atoms with van der Waals surface area (Å²) in [7, 11) is 0. The number of nitrogens with one attached hydrogen (secondary N) is 1. The van der Waals surface area contributed by atoms with Crippen LogP contribution in [0.2, 0.25) is 0 Å². The standard InChI is InChI=1S/C15H17BrN2OS/c1-10-18-13(9-20-10)8-19-15-5-2-11(6-14(15)16)7-17-12-3-4-12/h2,5-6,9,12,17H,3-4,7-8H2,1H3. The topological polar surface area (TPSA) is 34.1 Å². The predicted octanol–water partition coefficient (Wildman–Crippen LogP) is 4.05. The quantitative estimate of drug-likeness (QED) is 0.851. The van der Waals surface area contributed by atoms with Gasteiger partial charge < -0.3 is 10.1 Å². The van der Waals surface area contributed by atoms with Crippen molar-refractivity contribution >= 4 is 27.3 Å². The fourth-order valence-electron chi connectivity index (χ4n) is 1.95. The minimum Gasteiger partial charge on any atom is -0.486 e. The molecule has 1 aromatic carbocycles. The Morgan fingerprint density at radius 1 is 1.45 bits per heavy atom. The van der Waals surface area contributed by atoms with E-state index in [1.165, 1.54) is 18.4 Å². The Hall–Kier alpha value is -0.910. The van der Waals surface area contributed by atoms with Crippen molar-refractivity contribution in [1.29, 1.82) is 0 Å². The number of halogens is 1. The summed E-state index contributed by atoms with van der Waals surface area (Å²) in [5.41, 5.74) is 2.26. The van der Waals surface area contributed by atoms with Crippen molar-refractivity contribution in [3.05, 3.63) is 44.3 Å². The lowest BCUT2D eigenvalue weighted by Crippen LogP contribution is -2.15. The minimum absolute atomic E-state index is 0.516. The molecule has 1 aliphatic carbocycles. The molecule has 0 bridgehead atoms. The Morgan fingerprint density at radius 2 is 2.30 bits per heavy atom. The van der Waals surface area contributed by atoms with Crippen LogP contribution in [0.3, 0.4) is 0 Å². The number of ether oxygens (including phenoxy) is 1. The first-order valence-electron chi connectivity index (χ1n) is 6.76. The molecule has 20 heavy (non-hydrogen) atoms. The molecule has 0 atom stereocenters. The molecule has 3 nitrogen and oxygen atoms in total. The van der Waals surface area contributed by atoms with E-state index in [0.29, 0.717) is 6.61 Å². The van der Waals surface area contributed by atoms with Crippen LogP contribution >= 0.6 is 27.3 Å². The molecule has 1 N–H and O–H groups in total. The number of aromatic nitrogens is 1. The molecule has 0 spiro atoms. The van der Waals surface area contributed by atoms with E-state index in [1.54, 1.807) is 11.3 Å². The summed E-state index contributed by atoms with van der Waals surface area (Å²) >= 11 is 5.23. The second-order valence-corrected chi connectivity index (χ2v) is 6.98. The Labute approximate surface area is 131 Å². The lowest BCUT2D eigenvalue weighted by molar-refractivity contribution is 0.300. The average Bonchev–Trinajstić information content (AvgIpc) is 3.17. The third-order valence-electron chi connectivity index (χ3n) is 3.21. The molecule has 2 aromatic rings. The lowest BCUT2D eigenvalue weighted by atomic mass is 10.2. The zero-order chi connectivity index (χ0) is 13.9. The van der Waals surface area contributed by atoms with Crippen LogP contribution in [0, 0.1) is 6.92 Å². The second-order valence-electron chi connectivity index (χ2n) is 5.07. The fraction of sp³-hybridized carbons (Fsp3) is 0.400. The molecule has 0 aliphatic heterocycles. The molecular weight excluding hydrogens is 336 g/mol. The average molecular weight is 353 g/mol. The summed E-state index contributed by atoms with van der Waals surface area (Å²) in [6.07, 6.45) is 2.63. The van der Waals surface area contributed by atoms with E-state index in [4.69, 9.17) is 4.74 Å². The first-order valence-corrected chi connectivity index (χ1v) is 8.43. The predicted molar refractivity (Wildman–Crippen MR) is 85.2 cm³/mol. The van der Waals surface area contributed by atoms with Crippen molar-refractivity contribution in [2.24, 2.45) is 0 Å². The van der Waals surface area contributed by atoms with Crippen molar-refractivity contribution < 1.29 is 4.74 Å². The van der Waals surface area contributed by atoms with Crippen LogP contribution in [0.5, 0.6) is 5.75 Å². The van der Waals surface area contributed by atoms with Crippen molar-refractivity contribution in [2.45, 2.75) is 39.0 Å². The summed E-state index contributed by atoms with van der Waals surface area (Å²) in [6, 6.07) is 6.99. The van der Waals surface area contributed by atoms with E-state index in [-0.39, 0.29) is 0 Å². The Balaban J connectivity index is 1.58. The minimum atomic E-state index is 0.516. The highest BCUT2D eigenvalue weighted by Crippen LogP contribution is 2.27. The molecule has 0 radical (unpaired) electrons. The van der Waals surface area contributed by atoms with Crippen LogP contribution in [-0.2, 0) is 13.2 Å². The largest absolute Gasteiger partial charge is 0.486 e. The van der Waals surface area contributed by atoms with E-state index in [9.17, 15) is 0 Å². The molecule has 0 saturated heterocycles. The molecule has 1 aliphatic rings. The molecule has 1 saturated carbocycles. The Kier molecular flexibility index (Phi) is 4.38. The van der Waals surface area contributed by atoms with E-state index in [0.717, 1.165) is 33.5 Å². The first kappa shape index (κ1) is 14.0. The highest BCUT2D eigenvalue weighted by atomic mass is 79.9. The molecule has 0 unspecified atom stereocenters. The van der Waals surface area contributed by atoms with Gasteiger partial charge in [0.2, 0.25) is 0 Å². The number of benzene rings is 1. The van der Waals surface area contributed by atoms with Gasteiger partial charge in [0.05, 0.1) is 15.2 Å². The summed E-state index contributed by atoms with van der Waals surface area (Å²) in [5, 5.41) is 6.62. The number of nitrogens with zero attached hydrogens (tertiary/aromatic N) is 1. The van der Waals surface area contributed by atoms with Gasteiger partial charge in [-0.1, -0.05) is 6.07 Å². The smallest absolute Gasteiger partial charge is 0.134 e. The van der Waals surface area contributed by atoms with Crippen molar-refractivity contribution in [3.8, 4) is 5.75 Å². The summed E-state index contributed by atoms with van der Waals surface area (Å²) in [4.78, 5) is 4.40. The molecule has 1 aromatic heterocycles. The van der Waals surface area contributed by atoms with Gasteiger partial charge in [0.1, 0.15) is 12.4 Å². The van der Waals surface area contributed by atoms with Gasteiger partial charge in [-0.25, -0.2) is 4.98 Å². The van der Waals surface area contributed by atoms with Gasteiger partial charge in [0, 0.05) is 18.0 Å². The zero-order valence-electron chi connectivity index (χ0n) is 11.4. The van der Waals surface area contributed by atoms with Crippen LogP contribution in [0.15, 0.2) is 28.1 Å². The number of aryl methyl sites for hydroxylation is 1. The van der Waals surface area contributed by atoms with Gasteiger partial charge in [0.15, 0.2) is 0 Å². The first-order chi connectivity index (χ1) is 9.70. The van der Waals surface area contributed by atoms with Crippen LogP contribution in [0.25, 0.3) is 0 Å². The van der Waals surface area contributed by atoms with Gasteiger partial charge in [0.25, 0.3) is 0 Å². The van der Waals surface area contributed by atoms with Crippen LogP contribution in [0.4, 0.5) is 0 Å². The van der Waals surface area contributed by atoms with Crippen LogP contribution < -0.4 is 10.1 Å². The molecule has 1 heterocycles. The van der Waals surface area contributed by atoms with E-state index >= 15 is 0 Å². The van der Waals surface area contributed by atoms with E-state index in [2.05, 4.69) is 38.4 Å². The maximum absolute atomic E-state index is 5.81. The van der Waals surface area contributed by atoms with Crippen molar-refractivity contribution in [2.75, 3.05) is 0 Å². The lowest BCUT2D eigenvalue weighted by Gasteiger charge is -2.09. The van der Waals surface area contributed by atoms with Crippen molar-refractivity contribution in [1.82, 2.24) is 10.3 Å². The van der Waals surface area contributed by atoms with Gasteiger partial charge in [-0.15, -0.1) is 11.3 Å². The van der Waals surface area contributed by atoms with E-state index < -0.39 is 0 Å².